The van der Waals surface area contributed by atoms with Crippen molar-refractivity contribution in [1.82, 2.24) is 0 Å². The summed E-state index contributed by atoms with van der Waals surface area (Å²) in [5.41, 5.74) is 0.752. The zero-order valence-electron chi connectivity index (χ0n) is 8.90. The van der Waals surface area contributed by atoms with Gasteiger partial charge in [0.25, 0.3) is 0 Å². The summed E-state index contributed by atoms with van der Waals surface area (Å²) in [6.07, 6.45) is -0.289. The van der Waals surface area contributed by atoms with Crippen LogP contribution in [0, 0.1) is 11.3 Å². The molecule has 0 aliphatic rings. The highest BCUT2D eigenvalue weighted by atomic mass is 16.5. The molecule has 0 fully saturated rings. The zero-order valence-corrected chi connectivity index (χ0v) is 8.90. The van der Waals surface area contributed by atoms with E-state index in [9.17, 15) is 9.59 Å². The van der Waals surface area contributed by atoms with E-state index < -0.39 is 5.97 Å². The van der Waals surface area contributed by atoms with Crippen molar-refractivity contribution in [3.05, 3.63) is 35.4 Å². The third-order valence-electron chi connectivity index (χ3n) is 1.92. The summed E-state index contributed by atoms with van der Waals surface area (Å²) < 4.78 is 4.67. The lowest BCUT2D eigenvalue weighted by Crippen LogP contribution is -2.11. The Bertz CT molecular complexity index is 446. The van der Waals surface area contributed by atoms with Gasteiger partial charge >= 0.3 is 5.97 Å². The lowest BCUT2D eigenvalue weighted by Gasteiger charge is -2.01. The number of carbonyl (C=O) groups excluding carboxylic acids is 2. The van der Waals surface area contributed by atoms with E-state index in [1.165, 1.54) is 6.07 Å². The second kappa shape index (κ2) is 5.66. The van der Waals surface area contributed by atoms with Crippen LogP contribution < -0.4 is 0 Å². The van der Waals surface area contributed by atoms with Crippen molar-refractivity contribution in [2.75, 3.05) is 6.61 Å². The molecule has 1 aromatic carbocycles. The Balaban J connectivity index is 2.73. The Hall–Kier alpha value is -2.15. The summed E-state index contributed by atoms with van der Waals surface area (Å²) in [5, 5.41) is 8.66. The molecule has 4 heteroatoms. The van der Waals surface area contributed by atoms with Crippen molar-refractivity contribution in [2.24, 2.45) is 0 Å². The van der Waals surface area contributed by atoms with Crippen molar-refractivity contribution in [2.45, 2.75) is 13.3 Å². The average molecular weight is 217 g/mol. The van der Waals surface area contributed by atoms with Crippen LogP contribution in [0.5, 0.6) is 0 Å². The number of benzene rings is 1. The van der Waals surface area contributed by atoms with Gasteiger partial charge in [0.15, 0.2) is 5.78 Å². The van der Waals surface area contributed by atoms with Crippen molar-refractivity contribution in [3.63, 3.8) is 0 Å². The Morgan fingerprint density at radius 2 is 2.19 bits per heavy atom. The number of Topliss-reactive ketones (excluding diaryl/α,β-unsaturated/α-hetero) is 1. The van der Waals surface area contributed by atoms with E-state index in [-0.39, 0.29) is 18.8 Å². The number of ether oxygens (including phenoxy) is 1. The third kappa shape index (κ3) is 3.21. The number of nitriles is 1. The molecule has 0 spiro atoms. The lowest BCUT2D eigenvalue weighted by molar-refractivity contribution is -0.141. The largest absolute Gasteiger partial charge is 0.466 e. The minimum Gasteiger partial charge on any atom is -0.466 e. The summed E-state index contributed by atoms with van der Waals surface area (Å²) in [4.78, 5) is 22.7. The van der Waals surface area contributed by atoms with Gasteiger partial charge in [0.2, 0.25) is 0 Å². The summed E-state index contributed by atoms with van der Waals surface area (Å²) >= 11 is 0. The molecule has 1 aromatic rings. The minimum absolute atomic E-state index is 0.254. The lowest BCUT2D eigenvalue weighted by atomic mass is 10.1. The van der Waals surface area contributed by atoms with Crippen LogP contribution in [0.15, 0.2) is 24.3 Å². The first-order chi connectivity index (χ1) is 7.67. The van der Waals surface area contributed by atoms with Crippen LogP contribution in [0.1, 0.15) is 29.3 Å². The van der Waals surface area contributed by atoms with Gasteiger partial charge in [0.05, 0.1) is 18.2 Å². The van der Waals surface area contributed by atoms with Gasteiger partial charge in [-0.2, -0.15) is 5.26 Å². The first-order valence-electron chi connectivity index (χ1n) is 4.86. The number of hydrogen-bond acceptors (Lipinski definition) is 4. The smallest absolute Gasteiger partial charge is 0.313 e. The van der Waals surface area contributed by atoms with Gasteiger partial charge in [0.1, 0.15) is 6.42 Å². The number of rotatable bonds is 4. The molecule has 0 saturated carbocycles. The van der Waals surface area contributed by atoms with Gasteiger partial charge in [-0.1, -0.05) is 12.1 Å². The second-order valence-corrected chi connectivity index (χ2v) is 3.10. The molecule has 0 amide bonds. The molecule has 16 heavy (non-hydrogen) atoms. The topological polar surface area (TPSA) is 67.2 Å². The molecule has 0 atom stereocenters. The molecule has 0 saturated heterocycles. The van der Waals surface area contributed by atoms with E-state index in [0.717, 1.165) is 0 Å². The first-order valence-corrected chi connectivity index (χ1v) is 4.86. The van der Waals surface area contributed by atoms with Gasteiger partial charge in [-0.25, -0.2) is 0 Å². The van der Waals surface area contributed by atoms with Crippen molar-refractivity contribution in [1.29, 1.82) is 5.26 Å². The molecular weight excluding hydrogens is 206 g/mol. The highest BCUT2D eigenvalue weighted by Crippen LogP contribution is 2.07. The maximum atomic E-state index is 11.6. The van der Waals surface area contributed by atoms with Crippen LogP contribution in [-0.2, 0) is 9.53 Å². The van der Waals surface area contributed by atoms with E-state index in [2.05, 4.69) is 4.74 Å². The van der Waals surface area contributed by atoms with Gasteiger partial charge in [-0.15, -0.1) is 0 Å². The highest BCUT2D eigenvalue weighted by Gasteiger charge is 2.12. The van der Waals surface area contributed by atoms with E-state index in [0.29, 0.717) is 11.1 Å². The van der Waals surface area contributed by atoms with Crippen molar-refractivity contribution >= 4 is 11.8 Å². The highest BCUT2D eigenvalue weighted by molar-refractivity contribution is 6.06. The van der Waals surface area contributed by atoms with E-state index in [1.807, 2.05) is 6.07 Å². The minimum atomic E-state index is -0.546. The molecule has 0 radical (unpaired) electrons. The normalized spacial score (nSPS) is 9.25. The maximum absolute atomic E-state index is 11.6. The predicted molar refractivity (Wildman–Crippen MR) is 56.7 cm³/mol. The Kier molecular flexibility index (Phi) is 4.22. The summed E-state index contributed by atoms with van der Waals surface area (Å²) in [6, 6.07) is 8.17. The molecule has 0 heterocycles. The number of nitrogens with zero attached hydrogens (tertiary/aromatic N) is 1. The van der Waals surface area contributed by atoms with Crippen molar-refractivity contribution < 1.29 is 14.3 Å². The van der Waals surface area contributed by atoms with E-state index >= 15 is 0 Å². The number of ketones is 1. The second-order valence-electron chi connectivity index (χ2n) is 3.10. The SMILES string of the molecule is CCOC(=O)CC(=O)c1cccc(C#N)c1. The molecule has 0 N–H and O–H groups in total. The Morgan fingerprint density at radius 1 is 1.44 bits per heavy atom. The number of carbonyl (C=O) groups is 2. The quantitative estimate of drug-likeness (QED) is 0.437. The maximum Gasteiger partial charge on any atom is 0.313 e. The van der Waals surface area contributed by atoms with Crippen molar-refractivity contribution in [3.8, 4) is 6.07 Å². The fraction of sp³-hybridized carbons (Fsp3) is 0.250. The molecule has 1 rings (SSSR count). The Morgan fingerprint density at radius 3 is 2.81 bits per heavy atom. The molecule has 82 valence electrons. The Labute approximate surface area is 93.5 Å². The zero-order chi connectivity index (χ0) is 12.0. The number of hydrogen-bond donors (Lipinski definition) is 0. The van der Waals surface area contributed by atoms with Crippen LogP contribution >= 0.6 is 0 Å². The standard InChI is InChI=1S/C12H11NO3/c1-2-16-12(15)7-11(14)10-5-3-4-9(6-10)8-13/h3-6H,2,7H2,1H3. The molecule has 0 bridgehead atoms. The molecule has 0 aliphatic carbocycles. The van der Waals surface area contributed by atoms with Gasteiger partial charge < -0.3 is 4.74 Å². The summed E-state index contributed by atoms with van der Waals surface area (Å²) in [6.45, 7) is 1.93. The monoisotopic (exact) mass is 217 g/mol. The van der Waals surface area contributed by atoms with E-state index in [1.54, 1.807) is 25.1 Å². The fourth-order valence-corrected chi connectivity index (χ4v) is 1.21. The third-order valence-corrected chi connectivity index (χ3v) is 1.92. The van der Waals surface area contributed by atoms with Gasteiger partial charge in [-0.05, 0) is 19.1 Å². The molecular formula is C12H11NO3. The molecule has 4 nitrogen and oxygen atoms in total. The molecule has 0 unspecified atom stereocenters. The van der Waals surface area contributed by atoms with Gasteiger partial charge in [0, 0.05) is 5.56 Å². The predicted octanol–water partition coefficient (Wildman–Crippen LogP) is 1.69. The van der Waals surface area contributed by atoms with Crippen LogP contribution in [-0.4, -0.2) is 18.4 Å². The summed E-state index contributed by atoms with van der Waals surface area (Å²) in [7, 11) is 0. The number of esters is 1. The molecule has 0 aliphatic heterocycles. The van der Waals surface area contributed by atoms with Crippen LogP contribution in [0.25, 0.3) is 0 Å². The van der Waals surface area contributed by atoms with Crippen LogP contribution in [0.2, 0.25) is 0 Å². The van der Waals surface area contributed by atoms with E-state index in [4.69, 9.17) is 5.26 Å². The van der Waals surface area contributed by atoms with Gasteiger partial charge in [-0.3, -0.25) is 9.59 Å². The van der Waals surface area contributed by atoms with Crippen LogP contribution in [0.3, 0.4) is 0 Å². The average Bonchev–Trinajstić information content (AvgIpc) is 2.29. The summed E-state index contributed by atoms with van der Waals surface area (Å²) in [5.74, 6) is -0.884. The molecule has 0 aromatic heterocycles. The first kappa shape index (κ1) is 11.9. The van der Waals surface area contributed by atoms with Crippen LogP contribution in [0.4, 0.5) is 0 Å². The fourth-order valence-electron chi connectivity index (χ4n) is 1.21.